The summed E-state index contributed by atoms with van der Waals surface area (Å²) in [4.78, 5) is 17.6. The molecule has 1 aromatic rings. The highest BCUT2D eigenvalue weighted by atomic mass is 16.4. The summed E-state index contributed by atoms with van der Waals surface area (Å²) in [7, 11) is 0. The summed E-state index contributed by atoms with van der Waals surface area (Å²) in [6.07, 6.45) is 5.91. The minimum atomic E-state index is -0.951. The van der Waals surface area contributed by atoms with Gasteiger partial charge in [-0.25, -0.2) is 9.78 Å². The number of pyridine rings is 1. The van der Waals surface area contributed by atoms with E-state index in [1.165, 1.54) is 19.3 Å². The Hall–Kier alpha value is -1.62. The van der Waals surface area contributed by atoms with Gasteiger partial charge in [0.25, 0.3) is 0 Å². The Morgan fingerprint density at radius 2 is 2.05 bits per heavy atom. The highest BCUT2D eigenvalue weighted by Gasteiger charge is 2.22. The normalized spacial score (nSPS) is 16.1. The van der Waals surface area contributed by atoms with Gasteiger partial charge in [-0.2, -0.15) is 0 Å². The zero-order valence-electron chi connectivity index (χ0n) is 11.9. The van der Waals surface area contributed by atoms with Gasteiger partial charge in [0, 0.05) is 12.6 Å². The van der Waals surface area contributed by atoms with Crippen LogP contribution in [-0.4, -0.2) is 40.4 Å². The molecule has 0 bridgehead atoms. The van der Waals surface area contributed by atoms with Crippen LogP contribution in [0.2, 0.25) is 0 Å². The lowest BCUT2D eigenvalue weighted by molar-refractivity contribution is 0.0695. The van der Waals surface area contributed by atoms with Crippen molar-refractivity contribution in [2.24, 2.45) is 0 Å². The molecule has 0 aliphatic heterocycles. The second-order valence-electron chi connectivity index (χ2n) is 5.32. The maximum atomic E-state index is 11.0. The van der Waals surface area contributed by atoms with Crippen molar-refractivity contribution < 1.29 is 15.0 Å². The van der Waals surface area contributed by atoms with Crippen molar-refractivity contribution in [3.63, 3.8) is 0 Å². The summed E-state index contributed by atoms with van der Waals surface area (Å²) in [5.74, 6) is -0.179. The van der Waals surface area contributed by atoms with E-state index < -0.39 is 5.97 Å². The predicted molar refractivity (Wildman–Crippen MR) is 77.2 cm³/mol. The summed E-state index contributed by atoms with van der Waals surface area (Å²) in [5.41, 5.74) is 0.759. The molecule has 2 N–H and O–H groups in total. The molecule has 5 heteroatoms. The van der Waals surface area contributed by atoms with E-state index in [0.717, 1.165) is 18.7 Å². The Labute approximate surface area is 119 Å². The molecule has 110 valence electrons. The van der Waals surface area contributed by atoms with Gasteiger partial charge < -0.3 is 15.1 Å². The topological polar surface area (TPSA) is 73.7 Å². The average Bonchev–Trinajstić information content (AvgIpc) is 2.45. The summed E-state index contributed by atoms with van der Waals surface area (Å²) in [6, 6.07) is 3.76. The average molecular weight is 278 g/mol. The number of rotatable bonds is 5. The van der Waals surface area contributed by atoms with Crippen LogP contribution in [0.15, 0.2) is 12.1 Å². The largest absolute Gasteiger partial charge is 0.478 e. The number of hydrogen-bond acceptors (Lipinski definition) is 4. The van der Waals surface area contributed by atoms with E-state index in [4.69, 9.17) is 5.11 Å². The van der Waals surface area contributed by atoms with Crippen molar-refractivity contribution in [1.82, 2.24) is 4.98 Å². The predicted octanol–water partition coefficient (Wildman–Crippen LogP) is 2.22. The quantitative estimate of drug-likeness (QED) is 0.864. The SMILES string of the molecule is Cc1nc(N(CCO)C2CCCCC2)ccc1C(=O)O. The molecule has 0 unspecified atom stereocenters. The van der Waals surface area contributed by atoms with Gasteiger partial charge in [0.05, 0.1) is 17.9 Å². The maximum Gasteiger partial charge on any atom is 0.337 e. The Kier molecular flexibility index (Phi) is 4.95. The van der Waals surface area contributed by atoms with Crippen LogP contribution in [0.25, 0.3) is 0 Å². The number of aryl methyl sites for hydroxylation is 1. The van der Waals surface area contributed by atoms with E-state index in [1.807, 2.05) is 0 Å². The lowest BCUT2D eigenvalue weighted by Gasteiger charge is -2.35. The lowest BCUT2D eigenvalue weighted by Crippen LogP contribution is -2.39. The maximum absolute atomic E-state index is 11.0. The summed E-state index contributed by atoms with van der Waals surface area (Å²) in [6.45, 7) is 2.34. The number of aliphatic hydroxyl groups excluding tert-OH is 1. The molecule has 0 amide bonds. The molecular weight excluding hydrogens is 256 g/mol. The molecule has 1 aliphatic rings. The molecule has 0 radical (unpaired) electrons. The molecule has 5 nitrogen and oxygen atoms in total. The zero-order chi connectivity index (χ0) is 14.5. The first-order valence-electron chi connectivity index (χ1n) is 7.22. The third kappa shape index (κ3) is 3.28. The molecule has 1 saturated carbocycles. The molecule has 1 fully saturated rings. The van der Waals surface area contributed by atoms with Crippen LogP contribution < -0.4 is 4.90 Å². The Morgan fingerprint density at radius 1 is 1.35 bits per heavy atom. The number of nitrogens with zero attached hydrogens (tertiary/aromatic N) is 2. The Balaban J connectivity index is 2.24. The third-order valence-electron chi connectivity index (χ3n) is 3.95. The van der Waals surface area contributed by atoms with Gasteiger partial charge in [0.1, 0.15) is 5.82 Å². The monoisotopic (exact) mass is 278 g/mol. The highest BCUT2D eigenvalue weighted by molar-refractivity contribution is 5.89. The van der Waals surface area contributed by atoms with Crippen LogP contribution >= 0.6 is 0 Å². The number of anilines is 1. The lowest BCUT2D eigenvalue weighted by atomic mass is 9.94. The number of aromatic carboxylic acids is 1. The van der Waals surface area contributed by atoms with Crippen LogP contribution in [0.1, 0.15) is 48.2 Å². The van der Waals surface area contributed by atoms with E-state index in [1.54, 1.807) is 19.1 Å². The van der Waals surface area contributed by atoms with Crippen LogP contribution in [0.3, 0.4) is 0 Å². The minimum absolute atomic E-state index is 0.0813. The molecule has 1 heterocycles. The first-order chi connectivity index (χ1) is 9.63. The molecule has 0 aromatic carbocycles. The van der Waals surface area contributed by atoms with Crippen molar-refractivity contribution in [2.45, 2.75) is 45.1 Å². The number of carbonyl (C=O) groups is 1. The van der Waals surface area contributed by atoms with Crippen molar-refractivity contribution in [1.29, 1.82) is 0 Å². The van der Waals surface area contributed by atoms with Gasteiger partial charge in [-0.05, 0) is 31.9 Å². The fourth-order valence-electron chi connectivity index (χ4n) is 2.92. The number of carboxylic acids is 1. The zero-order valence-corrected chi connectivity index (χ0v) is 11.9. The third-order valence-corrected chi connectivity index (χ3v) is 3.95. The first-order valence-corrected chi connectivity index (χ1v) is 7.22. The molecule has 20 heavy (non-hydrogen) atoms. The van der Waals surface area contributed by atoms with Gasteiger partial charge >= 0.3 is 5.97 Å². The van der Waals surface area contributed by atoms with E-state index in [0.29, 0.717) is 18.3 Å². The van der Waals surface area contributed by atoms with Gasteiger partial charge in [0.15, 0.2) is 0 Å². The van der Waals surface area contributed by atoms with Gasteiger partial charge in [0.2, 0.25) is 0 Å². The number of aromatic nitrogens is 1. The smallest absolute Gasteiger partial charge is 0.337 e. The van der Waals surface area contributed by atoms with E-state index in [2.05, 4.69) is 9.88 Å². The summed E-state index contributed by atoms with van der Waals surface area (Å²) in [5, 5.41) is 18.3. The van der Waals surface area contributed by atoms with Crippen molar-refractivity contribution in [2.75, 3.05) is 18.1 Å². The fourth-order valence-corrected chi connectivity index (χ4v) is 2.92. The molecule has 0 saturated heterocycles. The molecular formula is C15H22N2O3. The molecule has 1 aromatic heterocycles. The first kappa shape index (κ1) is 14.8. The summed E-state index contributed by atoms with van der Waals surface area (Å²) < 4.78 is 0. The van der Waals surface area contributed by atoms with Gasteiger partial charge in [-0.15, -0.1) is 0 Å². The van der Waals surface area contributed by atoms with Crippen molar-refractivity contribution in [3.8, 4) is 0 Å². The molecule has 1 aliphatic carbocycles. The van der Waals surface area contributed by atoms with Gasteiger partial charge in [-0.1, -0.05) is 19.3 Å². The second kappa shape index (κ2) is 6.70. The van der Waals surface area contributed by atoms with E-state index in [9.17, 15) is 9.90 Å². The Bertz CT molecular complexity index is 470. The van der Waals surface area contributed by atoms with Gasteiger partial charge in [-0.3, -0.25) is 0 Å². The van der Waals surface area contributed by atoms with Crippen LogP contribution in [0, 0.1) is 6.92 Å². The Morgan fingerprint density at radius 3 is 2.60 bits per heavy atom. The standard InChI is InChI=1S/C15H22N2O3/c1-11-13(15(19)20)7-8-14(16-11)17(9-10-18)12-5-3-2-4-6-12/h7-8,12,18H,2-6,9-10H2,1H3,(H,19,20). The van der Waals surface area contributed by atoms with E-state index >= 15 is 0 Å². The van der Waals surface area contributed by atoms with E-state index in [-0.39, 0.29) is 12.2 Å². The number of hydrogen-bond donors (Lipinski definition) is 2. The molecule has 2 rings (SSSR count). The fraction of sp³-hybridized carbons (Fsp3) is 0.600. The van der Waals surface area contributed by atoms with Crippen molar-refractivity contribution in [3.05, 3.63) is 23.4 Å². The van der Waals surface area contributed by atoms with Crippen molar-refractivity contribution >= 4 is 11.8 Å². The molecule has 0 atom stereocenters. The van der Waals surface area contributed by atoms with Crippen LogP contribution in [0.5, 0.6) is 0 Å². The summed E-state index contributed by atoms with van der Waals surface area (Å²) >= 11 is 0. The van der Waals surface area contributed by atoms with Crippen LogP contribution in [0.4, 0.5) is 5.82 Å². The number of carboxylic acid groups (broad SMARTS) is 1. The second-order valence-corrected chi connectivity index (χ2v) is 5.32. The minimum Gasteiger partial charge on any atom is -0.478 e. The number of aliphatic hydroxyl groups is 1. The highest BCUT2D eigenvalue weighted by Crippen LogP contribution is 2.26. The molecule has 0 spiro atoms. The van der Waals surface area contributed by atoms with Crippen LogP contribution in [-0.2, 0) is 0 Å².